The van der Waals surface area contributed by atoms with Crippen LogP contribution in [-0.4, -0.2) is 30.6 Å². The van der Waals surface area contributed by atoms with Crippen molar-refractivity contribution in [3.05, 3.63) is 35.1 Å². The summed E-state index contributed by atoms with van der Waals surface area (Å²) in [6.45, 7) is 5.78. The summed E-state index contributed by atoms with van der Waals surface area (Å²) in [6, 6.07) is 6.41. The second-order valence-electron chi connectivity index (χ2n) is 6.25. The van der Waals surface area contributed by atoms with Crippen LogP contribution in [0.15, 0.2) is 18.2 Å². The van der Waals surface area contributed by atoms with Crippen LogP contribution in [0, 0.1) is 5.82 Å². The van der Waals surface area contributed by atoms with Gasteiger partial charge in [-0.15, -0.1) is 0 Å². The number of hydrogen-bond acceptors (Lipinski definition) is 2. The second-order valence-corrected chi connectivity index (χ2v) is 6.25. The van der Waals surface area contributed by atoms with Crippen LogP contribution in [0.1, 0.15) is 49.8 Å². The fourth-order valence-electron chi connectivity index (χ4n) is 3.62. The lowest BCUT2D eigenvalue weighted by molar-refractivity contribution is 0.168. The van der Waals surface area contributed by atoms with E-state index in [1.165, 1.54) is 37.9 Å². The number of hydrogen-bond donors (Lipinski definition) is 1. The molecular formula is C17H25FN2. The standard InChI is InChI=1S/C17H25FN2/c1-13(20-10-3-2-4-11-20)12-19-17-9-8-14-15(17)6-5-7-16(14)18/h5-7,13,17,19H,2-4,8-12H2,1H3. The normalized spacial score (nSPS) is 24.6. The summed E-state index contributed by atoms with van der Waals surface area (Å²) in [6.07, 6.45) is 5.95. The Morgan fingerprint density at radius 3 is 2.90 bits per heavy atom. The maximum absolute atomic E-state index is 13.7. The number of fused-ring (bicyclic) bond motifs is 1. The minimum atomic E-state index is -0.0316. The SMILES string of the molecule is CC(CNC1CCc2c(F)cccc21)N1CCCCC1. The lowest BCUT2D eigenvalue weighted by Gasteiger charge is -2.33. The largest absolute Gasteiger partial charge is 0.308 e. The van der Waals surface area contributed by atoms with Crippen molar-refractivity contribution in [3.8, 4) is 0 Å². The molecule has 1 aromatic rings. The third-order valence-corrected chi connectivity index (χ3v) is 4.89. The van der Waals surface area contributed by atoms with Crippen molar-refractivity contribution in [2.24, 2.45) is 0 Å². The highest BCUT2D eigenvalue weighted by Crippen LogP contribution is 2.32. The Hall–Kier alpha value is -0.930. The molecule has 0 saturated carbocycles. The number of nitrogens with zero attached hydrogens (tertiary/aromatic N) is 1. The number of likely N-dealkylation sites (tertiary alicyclic amines) is 1. The predicted octanol–water partition coefficient (Wildman–Crippen LogP) is 3.28. The zero-order valence-electron chi connectivity index (χ0n) is 12.4. The minimum Gasteiger partial charge on any atom is -0.308 e. The summed E-state index contributed by atoms with van der Waals surface area (Å²) in [5, 5.41) is 3.65. The van der Waals surface area contributed by atoms with E-state index >= 15 is 0 Å². The van der Waals surface area contributed by atoms with Gasteiger partial charge in [0.15, 0.2) is 0 Å². The zero-order valence-corrected chi connectivity index (χ0v) is 12.4. The molecular weight excluding hydrogens is 251 g/mol. The van der Waals surface area contributed by atoms with Crippen molar-refractivity contribution >= 4 is 0 Å². The molecule has 1 aliphatic heterocycles. The van der Waals surface area contributed by atoms with E-state index in [-0.39, 0.29) is 5.82 Å². The number of nitrogens with one attached hydrogen (secondary N) is 1. The summed E-state index contributed by atoms with van der Waals surface area (Å²) in [4.78, 5) is 2.58. The third-order valence-electron chi connectivity index (χ3n) is 4.89. The van der Waals surface area contributed by atoms with E-state index in [1.54, 1.807) is 6.07 Å². The molecule has 3 rings (SSSR count). The van der Waals surface area contributed by atoms with Gasteiger partial charge in [0.1, 0.15) is 5.82 Å². The highest BCUT2D eigenvalue weighted by Gasteiger charge is 2.25. The molecule has 3 heteroatoms. The van der Waals surface area contributed by atoms with Gasteiger partial charge in [0.2, 0.25) is 0 Å². The smallest absolute Gasteiger partial charge is 0.126 e. The first-order valence-corrected chi connectivity index (χ1v) is 8.00. The van der Waals surface area contributed by atoms with Gasteiger partial charge in [-0.05, 0) is 62.9 Å². The highest BCUT2D eigenvalue weighted by atomic mass is 19.1. The Kier molecular flexibility index (Phi) is 4.37. The molecule has 2 unspecified atom stereocenters. The molecule has 1 N–H and O–H groups in total. The van der Waals surface area contributed by atoms with Crippen molar-refractivity contribution < 1.29 is 4.39 Å². The van der Waals surface area contributed by atoms with Crippen molar-refractivity contribution in [3.63, 3.8) is 0 Å². The molecule has 1 aromatic carbocycles. The summed E-state index contributed by atoms with van der Waals surface area (Å²) < 4.78 is 13.7. The fraction of sp³-hybridized carbons (Fsp3) is 0.647. The van der Waals surface area contributed by atoms with E-state index in [9.17, 15) is 4.39 Å². The third kappa shape index (κ3) is 2.89. The number of piperidine rings is 1. The van der Waals surface area contributed by atoms with Gasteiger partial charge < -0.3 is 5.32 Å². The van der Waals surface area contributed by atoms with Gasteiger partial charge in [-0.2, -0.15) is 0 Å². The molecule has 2 nitrogen and oxygen atoms in total. The fourth-order valence-corrected chi connectivity index (χ4v) is 3.62. The van der Waals surface area contributed by atoms with E-state index in [1.807, 2.05) is 6.07 Å². The van der Waals surface area contributed by atoms with Gasteiger partial charge in [0.25, 0.3) is 0 Å². The maximum atomic E-state index is 13.7. The first-order chi connectivity index (χ1) is 9.75. The van der Waals surface area contributed by atoms with E-state index in [2.05, 4.69) is 23.2 Å². The summed E-state index contributed by atoms with van der Waals surface area (Å²) in [5.41, 5.74) is 2.10. The number of benzene rings is 1. The molecule has 0 spiro atoms. The van der Waals surface area contributed by atoms with Gasteiger partial charge >= 0.3 is 0 Å². The monoisotopic (exact) mass is 276 g/mol. The molecule has 1 aliphatic carbocycles. The Morgan fingerprint density at radius 2 is 2.10 bits per heavy atom. The van der Waals surface area contributed by atoms with E-state index in [4.69, 9.17) is 0 Å². The highest BCUT2D eigenvalue weighted by molar-refractivity contribution is 5.35. The first kappa shape index (κ1) is 14.0. The average molecular weight is 276 g/mol. The predicted molar refractivity (Wildman–Crippen MR) is 80.4 cm³/mol. The van der Waals surface area contributed by atoms with Gasteiger partial charge in [-0.25, -0.2) is 4.39 Å². The lowest BCUT2D eigenvalue weighted by Crippen LogP contribution is -2.43. The quantitative estimate of drug-likeness (QED) is 0.908. The molecule has 0 radical (unpaired) electrons. The Balaban J connectivity index is 1.56. The number of rotatable bonds is 4. The van der Waals surface area contributed by atoms with Crippen molar-refractivity contribution in [2.45, 2.75) is 51.1 Å². The number of halogens is 1. The van der Waals surface area contributed by atoms with Crippen LogP contribution < -0.4 is 5.32 Å². The molecule has 0 aromatic heterocycles. The van der Waals surface area contributed by atoms with Crippen LogP contribution >= 0.6 is 0 Å². The van der Waals surface area contributed by atoms with Crippen LogP contribution in [0.3, 0.4) is 0 Å². The Bertz CT molecular complexity index is 454. The molecule has 2 aliphatic rings. The summed E-state index contributed by atoms with van der Waals surface area (Å²) in [5.74, 6) is -0.0316. The zero-order chi connectivity index (χ0) is 13.9. The van der Waals surface area contributed by atoms with Gasteiger partial charge in [-0.3, -0.25) is 4.90 Å². The molecule has 0 bridgehead atoms. The molecule has 110 valence electrons. The van der Waals surface area contributed by atoms with E-state index in [0.29, 0.717) is 12.1 Å². The topological polar surface area (TPSA) is 15.3 Å². The Labute approximate surface area is 121 Å². The van der Waals surface area contributed by atoms with Gasteiger partial charge in [0.05, 0.1) is 0 Å². The lowest BCUT2D eigenvalue weighted by atomic mass is 10.1. The molecule has 1 fully saturated rings. The van der Waals surface area contributed by atoms with Crippen LogP contribution in [0.4, 0.5) is 4.39 Å². The molecule has 1 saturated heterocycles. The van der Waals surface area contributed by atoms with Crippen molar-refractivity contribution in [2.75, 3.05) is 19.6 Å². The van der Waals surface area contributed by atoms with E-state index in [0.717, 1.165) is 24.9 Å². The first-order valence-electron chi connectivity index (χ1n) is 8.00. The average Bonchev–Trinajstić information content (AvgIpc) is 2.90. The van der Waals surface area contributed by atoms with Crippen molar-refractivity contribution in [1.82, 2.24) is 10.2 Å². The second kappa shape index (κ2) is 6.23. The molecule has 20 heavy (non-hydrogen) atoms. The van der Waals surface area contributed by atoms with Gasteiger partial charge in [-0.1, -0.05) is 18.6 Å². The van der Waals surface area contributed by atoms with Crippen LogP contribution in [0.5, 0.6) is 0 Å². The van der Waals surface area contributed by atoms with E-state index < -0.39 is 0 Å². The molecule has 2 atom stereocenters. The van der Waals surface area contributed by atoms with Crippen molar-refractivity contribution in [1.29, 1.82) is 0 Å². The van der Waals surface area contributed by atoms with Crippen LogP contribution in [-0.2, 0) is 6.42 Å². The molecule has 1 heterocycles. The minimum absolute atomic E-state index is 0.0316. The summed E-state index contributed by atoms with van der Waals surface area (Å²) in [7, 11) is 0. The van der Waals surface area contributed by atoms with Gasteiger partial charge in [0, 0.05) is 18.6 Å². The Morgan fingerprint density at radius 1 is 1.30 bits per heavy atom. The summed E-state index contributed by atoms with van der Waals surface area (Å²) >= 11 is 0. The van der Waals surface area contributed by atoms with Crippen LogP contribution in [0.2, 0.25) is 0 Å². The maximum Gasteiger partial charge on any atom is 0.126 e. The molecule has 0 amide bonds. The van der Waals surface area contributed by atoms with Crippen LogP contribution in [0.25, 0.3) is 0 Å².